The molecule has 0 aliphatic carbocycles. The molecule has 2 rings (SSSR count). The van der Waals surface area contributed by atoms with Gasteiger partial charge in [-0.25, -0.2) is 0 Å². The van der Waals surface area contributed by atoms with E-state index in [1.807, 2.05) is 0 Å². The second-order valence-corrected chi connectivity index (χ2v) is 3.57. The van der Waals surface area contributed by atoms with Crippen LogP contribution in [0.25, 0.3) is 0 Å². The SMILES string of the molecule is [Ba+2].[O-]n1ccccc1=S.[O-]n1ccccc1=S. The van der Waals surface area contributed by atoms with Crippen molar-refractivity contribution in [2.24, 2.45) is 0 Å². The summed E-state index contributed by atoms with van der Waals surface area (Å²) in [5.74, 6) is 0. The smallest absolute Gasteiger partial charge is 0.805 e. The maximum absolute atomic E-state index is 10.4. The van der Waals surface area contributed by atoms with Crippen LogP contribution in [-0.4, -0.2) is 58.3 Å². The molecule has 7 heteroatoms. The molecule has 0 amide bonds. The third kappa shape index (κ3) is 6.41. The molecule has 0 unspecified atom stereocenters. The normalized spacial score (nSPS) is 8.47. The van der Waals surface area contributed by atoms with Crippen LogP contribution in [0, 0.1) is 19.7 Å². The van der Waals surface area contributed by atoms with Gasteiger partial charge in [0.2, 0.25) is 0 Å². The maximum Gasteiger partial charge on any atom is 2.00 e. The summed E-state index contributed by atoms with van der Waals surface area (Å²) in [7, 11) is 0. The molecule has 0 atom stereocenters. The first-order valence-corrected chi connectivity index (χ1v) is 5.13. The Morgan fingerprint density at radius 3 is 1.29 bits per heavy atom. The summed E-state index contributed by atoms with van der Waals surface area (Å²) in [4.78, 5) is 0. The predicted molar refractivity (Wildman–Crippen MR) is 73.8 cm³/mol. The van der Waals surface area contributed by atoms with Crippen molar-refractivity contribution in [1.82, 2.24) is 9.46 Å². The third-order valence-corrected chi connectivity index (χ3v) is 2.21. The molecule has 0 N–H and O–H groups in total. The van der Waals surface area contributed by atoms with E-state index < -0.39 is 0 Å². The summed E-state index contributed by atoms with van der Waals surface area (Å²) in [5, 5.41) is 20.9. The largest absolute Gasteiger partial charge is 2.00 e. The Morgan fingerprint density at radius 1 is 0.765 bits per heavy atom. The second kappa shape index (κ2) is 8.92. The van der Waals surface area contributed by atoms with E-state index in [0.717, 1.165) is 0 Å². The Morgan fingerprint density at radius 2 is 1.12 bits per heavy atom. The second-order valence-electron chi connectivity index (χ2n) is 2.73. The molecule has 0 aromatic carbocycles. The van der Waals surface area contributed by atoms with Crippen LogP contribution in [0.3, 0.4) is 0 Å². The molecule has 0 aliphatic heterocycles. The summed E-state index contributed by atoms with van der Waals surface area (Å²) < 4.78 is 1.92. The van der Waals surface area contributed by atoms with Gasteiger partial charge in [0.25, 0.3) is 0 Å². The zero-order valence-electron chi connectivity index (χ0n) is 8.85. The first kappa shape index (κ1) is 16.9. The molecule has 84 valence electrons. The number of rotatable bonds is 0. The molecule has 2 aromatic rings. The van der Waals surface area contributed by atoms with Gasteiger partial charge in [-0.2, -0.15) is 0 Å². The van der Waals surface area contributed by atoms with Gasteiger partial charge in [0.05, 0.1) is 0 Å². The van der Waals surface area contributed by atoms with Gasteiger partial charge in [0, 0.05) is 0 Å². The van der Waals surface area contributed by atoms with E-state index >= 15 is 0 Å². The van der Waals surface area contributed by atoms with Gasteiger partial charge in [0.1, 0.15) is 9.28 Å². The average molecular weight is 390 g/mol. The van der Waals surface area contributed by atoms with E-state index in [2.05, 4.69) is 24.4 Å². The summed E-state index contributed by atoms with van der Waals surface area (Å²) in [6, 6.07) is 9.92. The van der Waals surface area contributed by atoms with Crippen LogP contribution in [0.2, 0.25) is 0 Å². The van der Waals surface area contributed by atoms with Crippen molar-refractivity contribution in [2.45, 2.75) is 0 Å². The molecule has 4 nitrogen and oxygen atoms in total. The number of nitrogens with zero attached hydrogens (tertiary/aromatic N) is 2. The Bertz CT molecular complexity index is 517. The molecule has 0 saturated heterocycles. The number of pyridine rings is 2. The fourth-order valence-electron chi connectivity index (χ4n) is 0.825. The first-order valence-electron chi connectivity index (χ1n) is 4.31. The van der Waals surface area contributed by atoms with E-state index in [4.69, 9.17) is 0 Å². The van der Waals surface area contributed by atoms with E-state index in [-0.39, 0.29) is 48.9 Å². The van der Waals surface area contributed by atoms with Crippen LogP contribution in [0.4, 0.5) is 0 Å². The summed E-state index contributed by atoms with van der Waals surface area (Å²) in [5.41, 5.74) is 0. The van der Waals surface area contributed by atoms with Gasteiger partial charge in [-0.3, -0.25) is 0 Å². The van der Waals surface area contributed by atoms with Crippen LogP contribution in [0.15, 0.2) is 48.8 Å². The number of hydrogen-bond acceptors (Lipinski definition) is 4. The minimum absolute atomic E-state index is 0. The van der Waals surface area contributed by atoms with Crippen molar-refractivity contribution in [1.29, 1.82) is 0 Å². The summed E-state index contributed by atoms with van der Waals surface area (Å²) in [6.07, 6.45) is 2.75. The van der Waals surface area contributed by atoms with Gasteiger partial charge in [-0.1, -0.05) is 36.6 Å². The monoisotopic (exact) mass is 390 g/mol. The molecule has 2 aromatic heterocycles. The Hall–Kier alpha value is -0.0886. The van der Waals surface area contributed by atoms with Crippen LogP contribution in [0.1, 0.15) is 0 Å². The summed E-state index contributed by atoms with van der Waals surface area (Å²) >= 11 is 9.21. The minimum Gasteiger partial charge on any atom is -0.805 e. The molecule has 0 spiro atoms. The maximum atomic E-state index is 10.4. The molecule has 0 radical (unpaired) electrons. The zero-order valence-corrected chi connectivity index (χ0v) is 14.9. The minimum atomic E-state index is 0. The van der Waals surface area contributed by atoms with Gasteiger partial charge >= 0.3 is 48.9 Å². The van der Waals surface area contributed by atoms with E-state index in [9.17, 15) is 10.4 Å². The van der Waals surface area contributed by atoms with Crippen molar-refractivity contribution >= 4 is 73.3 Å². The van der Waals surface area contributed by atoms with Crippen molar-refractivity contribution in [3.8, 4) is 0 Å². The predicted octanol–water partition coefficient (Wildman–Crippen LogP) is 2.75. The first-order chi connectivity index (χ1) is 7.61. The number of aromatic nitrogens is 2. The van der Waals surface area contributed by atoms with Gasteiger partial charge in [-0.15, -0.1) is 0 Å². The van der Waals surface area contributed by atoms with Crippen LogP contribution >= 0.6 is 24.4 Å². The Balaban J connectivity index is 0.000000284. The molecule has 0 aliphatic rings. The molecular formula is C10H8BaN2O2S2. The topological polar surface area (TPSA) is 56.0 Å². The molecule has 0 bridgehead atoms. The fraction of sp³-hybridized carbons (Fsp3) is 0. The van der Waals surface area contributed by atoms with E-state index in [1.54, 1.807) is 36.4 Å². The van der Waals surface area contributed by atoms with Crippen LogP contribution in [-0.2, 0) is 0 Å². The van der Waals surface area contributed by atoms with Crippen molar-refractivity contribution in [3.05, 3.63) is 68.5 Å². The molecular weight excluding hydrogens is 382 g/mol. The van der Waals surface area contributed by atoms with E-state index in [1.165, 1.54) is 12.4 Å². The van der Waals surface area contributed by atoms with Gasteiger partial charge in [0.15, 0.2) is 0 Å². The average Bonchev–Trinajstić information content (AvgIpc) is 2.28. The molecule has 17 heavy (non-hydrogen) atoms. The number of hydrogen-bond donors (Lipinski definition) is 0. The Kier molecular flexibility index (Phi) is 8.88. The Labute approximate surface area is 149 Å². The van der Waals surface area contributed by atoms with Crippen molar-refractivity contribution in [2.75, 3.05) is 0 Å². The molecule has 0 fully saturated rings. The fourth-order valence-corrected chi connectivity index (χ4v) is 1.10. The van der Waals surface area contributed by atoms with Gasteiger partial charge < -0.3 is 19.9 Å². The third-order valence-electron chi connectivity index (χ3n) is 1.58. The van der Waals surface area contributed by atoms with Crippen LogP contribution < -0.4 is 0 Å². The quantitative estimate of drug-likeness (QED) is 0.513. The zero-order chi connectivity index (χ0) is 12.0. The van der Waals surface area contributed by atoms with Crippen molar-refractivity contribution < 1.29 is 0 Å². The van der Waals surface area contributed by atoms with Crippen molar-refractivity contribution in [3.63, 3.8) is 0 Å². The summed E-state index contributed by atoms with van der Waals surface area (Å²) in [6.45, 7) is 0. The van der Waals surface area contributed by atoms with Gasteiger partial charge in [-0.05, 0) is 36.7 Å². The van der Waals surface area contributed by atoms with E-state index in [0.29, 0.717) is 18.7 Å². The standard InChI is InChI=1S/2C5H4NOS.Ba/c2*7-6-4-2-1-3-5(6)8;/h2*1-4H;/q2*-1;+2. The molecule has 2 heterocycles. The van der Waals surface area contributed by atoms with Crippen LogP contribution in [0.5, 0.6) is 0 Å². The molecule has 0 saturated carbocycles.